The lowest BCUT2D eigenvalue weighted by molar-refractivity contribution is -0.305. The fraction of sp³-hybridized carbons (Fsp3) is 0.546. The third kappa shape index (κ3) is 46.5. The van der Waals surface area contributed by atoms with Crippen LogP contribution in [0.3, 0.4) is 0 Å². The fourth-order valence-electron chi connectivity index (χ4n) is 13.7. The SMILES string of the molecule is CCC(C)c1ccc(O)cc1.CCC(C)c1ccc(O)cc1.CCC(C)c1ccc(O)cc1.CCC(C)c1ccc(OC(C)OC2CCOCC2)cc1.CCC(C)c1ccc(OC(OCC(C(F)(F)F)C(F)(F)F)C(C)(C)C)cc1.CCC(C)c1ccc(OC(Oc2c(F)c(F)c(F)c(F)c2F)C(C)(C)C)cc1.CCOC(Oc1ccc(C(C)CC)cc1)C(C)C.CCOC(Oc1ccc(C(C)CC)cc1)C(C)C. The van der Waals surface area contributed by atoms with Crippen LogP contribution in [0, 0.1) is 57.7 Å². The lowest BCUT2D eigenvalue weighted by Gasteiger charge is -2.33. The summed E-state index contributed by atoms with van der Waals surface area (Å²) in [5, 5.41) is 27.0. The van der Waals surface area contributed by atoms with Gasteiger partial charge in [0.2, 0.25) is 60.0 Å². The molecule has 0 amide bonds. The molecule has 1 aliphatic rings. The zero-order valence-corrected chi connectivity index (χ0v) is 90.9. The van der Waals surface area contributed by atoms with Crippen LogP contribution in [0.2, 0.25) is 0 Å². The van der Waals surface area contributed by atoms with Gasteiger partial charge in [0.25, 0.3) is 0 Å². The maximum absolute atomic E-state index is 14.0. The lowest BCUT2D eigenvalue weighted by Crippen LogP contribution is -2.43. The molecule has 13 unspecified atom stereocenters. The number of alkyl halides is 6. The second-order valence-corrected chi connectivity index (χ2v) is 39.7. The molecule has 0 spiro atoms. The van der Waals surface area contributed by atoms with E-state index in [1.165, 1.54) is 33.4 Å². The highest BCUT2D eigenvalue weighted by Gasteiger charge is 2.57. The molecule has 0 saturated carbocycles. The van der Waals surface area contributed by atoms with E-state index in [-0.39, 0.29) is 25.0 Å². The highest BCUT2D eigenvalue weighted by Crippen LogP contribution is 2.42. The summed E-state index contributed by atoms with van der Waals surface area (Å²) in [7, 11) is 0. The number of rotatable bonds is 39. The number of halogens is 11. The van der Waals surface area contributed by atoms with Crippen molar-refractivity contribution in [3.8, 4) is 51.7 Å². The van der Waals surface area contributed by atoms with Crippen molar-refractivity contribution in [3.05, 3.63) is 268 Å². The van der Waals surface area contributed by atoms with Gasteiger partial charge in [0.05, 0.1) is 12.7 Å². The number of ether oxygens (including phenoxy) is 11. The lowest BCUT2D eigenvalue weighted by atomic mass is 9.95. The third-order valence-electron chi connectivity index (χ3n) is 25.1. The van der Waals surface area contributed by atoms with Gasteiger partial charge < -0.3 is 67.4 Å². The van der Waals surface area contributed by atoms with Crippen molar-refractivity contribution in [1.82, 2.24) is 0 Å². The van der Waals surface area contributed by atoms with Gasteiger partial charge in [-0.05, 0) is 274 Å². The summed E-state index contributed by atoms with van der Waals surface area (Å²) in [4.78, 5) is 0. The number of hydrogen-bond acceptors (Lipinski definition) is 14. The normalized spacial score (nSPS) is 15.0. The Labute approximate surface area is 854 Å². The minimum Gasteiger partial charge on any atom is -0.508 e. The number of aromatic hydroxyl groups is 3. The van der Waals surface area contributed by atoms with Gasteiger partial charge in [-0.1, -0.05) is 277 Å². The molecule has 9 aromatic carbocycles. The standard InChI is InChI=1S/C21H23F5O2.C19H26F6O2.C17H26O3.2C16H26O2.3C10H14O/c1-6-11(2)12-7-9-13(10-8-12)27-20(21(3,4)5)28-19-17(25)15(23)14(22)16(24)18(19)26;1-6-12(2)13-7-9-14(10-8-13)27-16(17(3,4)5)26-11-15(18(20,21)22)19(23,24)25;1-4-13(2)15-5-7-16(8-6-15)19-14(3)20-17-9-11-18-12-10-17;2*1-6-13(5)14-8-10-15(11-9-14)18-16(12(3)4)17-7-2;3*1-3-8(2)9-4-6-10(11)7-5-9/h7-11,20H,6H2,1-5H3;7-10,12,15-16H,6,11H2,1-5H3;5-8,13-14,17H,4,9-12H2,1-3H3;2*8-13,16H,6-7H2,1-5H3;3*4-8,11H,3H2,1-2H3. The van der Waals surface area contributed by atoms with Crippen molar-refractivity contribution in [3.63, 3.8) is 0 Å². The molecule has 25 heteroatoms. The van der Waals surface area contributed by atoms with Crippen molar-refractivity contribution >= 4 is 0 Å². The van der Waals surface area contributed by atoms with Gasteiger partial charge in [-0.3, -0.25) is 0 Å². The molecule has 1 aliphatic heterocycles. The minimum absolute atomic E-state index is 0.163. The summed E-state index contributed by atoms with van der Waals surface area (Å²) in [5.74, 6) is -6.11. The smallest absolute Gasteiger partial charge is 0.402 e. The molecular weight excluding hydrogens is 1860 g/mol. The van der Waals surface area contributed by atoms with Crippen LogP contribution in [0.1, 0.15) is 357 Å². The van der Waals surface area contributed by atoms with E-state index in [4.69, 9.17) is 67.4 Å². The Morgan fingerprint density at radius 2 is 0.514 bits per heavy atom. The molecule has 10 rings (SSSR count). The van der Waals surface area contributed by atoms with Crippen LogP contribution in [0.5, 0.6) is 51.7 Å². The van der Waals surface area contributed by atoms with Gasteiger partial charge in [0, 0.05) is 49.1 Å². The molecule has 144 heavy (non-hydrogen) atoms. The Hall–Kier alpha value is -9.79. The van der Waals surface area contributed by atoms with Crippen LogP contribution >= 0.6 is 0 Å². The summed E-state index contributed by atoms with van der Waals surface area (Å²) < 4.78 is 206. The largest absolute Gasteiger partial charge is 0.508 e. The van der Waals surface area contributed by atoms with Crippen molar-refractivity contribution in [2.45, 2.75) is 362 Å². The molecular formula is C119H169F11O14. The molecule has 3 N–H and O–H groups in total. The topological polar surface area (TPSA) is 162 Å². The van der Waals surface area contributed by atoms with Gasteiger partial charge in [0.15, 0.2) is 12.2 Å². The second kappa shape index (κ2) is 65.0. The van der Waals surface area contributed by atoms with E-state index in [9.17, 15) is 48.3 Å². The predicted octanol–water partition coefficient (Wildman–Crippen LogP) is 35.5. The predicted molar refractivity (Wildman–Crippen MR) is 559 cm³/mol. The molecule has 9 aromatic rings. The summed E-state index contributed by atoms with van der Waals surface area (Å²) in [6.07, 6.45) is -3.05. The Balaban J connectivity index is 0.000000432. The van der Waals surface area contributed by atoms with E-state index in [0.717, 1.165) is 106 Å². The number of hydrogen-bond donors (Lipinski definition) is 3. The highest BCUT2D eigenvalue weighted by atomic mass is 19.4. The maximum Gasteiger partial charge on any atom is 0.402 e. The number of phenolic OH excluding ortho intramolecular Hbond substituents is 3. The van der Waals surface area contributed by atoms with Crippen molar-refractivity contribution in [2.24, 2.45) is 28.6 Å². The molecule has 806 valence electrons. The van der Waals surface area contributed by atoms with Crippen molar-refractivity contribution in [2.75, 3.05) is 33.0 Å². The average Bonchev–Trinajstić information content (AvgIpc) is 0.772. The molecule has 0 aromatic heterocycles. The molecule has 0 radical (unpaired) electrons. The highest BCUT2D eigenvalue weighted by molar-refractivity contribution is 5.36. The van der Waals surface area contributed by atoms with Gasteiger partial charge in [-0.15, -0.1) is 0 Å². The van der Waals surface area contributed by atoms with Crippen molar-refractivity contribution in [1.29, 1.82) is 0 Å². The first-order valence-corrected chi connectivity index (χ1v) is 51.3. The molecule has 1 fully saturated rings. The second-order valence-electron chi connectivity index (χ2n) is 39.7. The zero-order chi connectivity index (χ0) is 109. The van der Waals surface area contributed by atoms with Crippen LogP contribution in [0.25, 0.3) is 0 Å². The van der Waals surface area contributed by atoms with E-state index >= 15 is 0 Å². The summed E-state index contributed by atoms with van der Waals surface area (Å²) in [6, 6.07) is 61.3. The fourth-order valence-corrected chi connectivity index (χ4v) is 13.7. The summed E-state index contributed by atoms with van der Waals surface area (Å²) >= 11 is 0. The van der Waals surface area contributed by atoms with Crippen LogP contribution in [-0.4, -0.2) is 98.3 Å². The van der Waals surface area contributed by atoms with Gasteiger partial charge in [-0.2, -0.15) is 35.1 Å². The van der Waals surface area contributed by atoms with Crippen LogP contribution < -0.4 is 28.4 Å². The maximum atomic E-state index is 14.0. The number of phenols is 3. The van der Waals surface area contributed by atoms with Crippen LogP contribution in [0.4, 0.5) is 48.3 Å². The zero-order valence-electron chi connectivity index (χ0n) is 90.9. The van der Waals surface area contributed by atoms with Gasteiger partial charge >= 0.3 is 12.4 Å². The Kier molecular flexibility index (Phi) is 58.0. The monoisotopic (exact) mass is 2030 g/mol. The minimum atomic E-state index is -5.45. The molecule has 1 heterocycles. The molecule has 1 saturated heterocycles. The summed E-state index contributed by atoms with van der Waals surface area (Å²) in [6.45, 7) is 60.1. The Morgan fingerprint density at radius 1 is 0.292 bits per heavy atom. The molecule has 13 atom stereocenters. The van der Waals surface area contributed by atoms with E-state index in [0.29, 0.717) is 101 Å². The first-order chi connectivity index (χ1) is 67.7. The van der Waals surface area contributed by atoms with Crippen LogP contribution in [0.15, 0.2) is 194 Å². The quantitative estimate of drug-likeness (QED) is 0.0144. The van der Waals surface area contributed by atoms with Crippen molar-refractivity contribution < 1.29 is 116 Å². The molecule has 0 aliphatic carbocycles. The van der Waals surface area contributed by atoms with Gasteiger partial charge in [-0.25, -0.2) is 13.2 Å². The Bertz CT molecular complexity index is 4650. The Morgan fingerprint density at radius 3 is 0.736 bits per heavy atom. The van der Waals surface area contributed by atoms with E-state index < -0.39 is 83.1 Å². The first-order valence-electron chi connectivity index (χ1n) is 51.3. The first kappa shape index (κ1) is 128. The third-order valence-corrected chi connectivity index (χ3v) is 25.1. The van der Waals surface area contributed by atoms with Crippen LogP contribution in [-0.2, 0) is 23.7 Å². The van der Waals surface area contributed by atoms with E-state index in [1.807, 2.05) is 132 Å². The van der Waals surface area contributed by atoms with Gasteiger partial charge in [0.1, 0.15) is 46.0 Å². The van der Waals surface area contributed by atoms with E-state index in [2.05, 4.69) is 161 Å². The molecule has 14 nitrogen and oxygen atoms in total. The van der Waals surface area contributed by atoms with E-state index in [1.54, 1.807) is 102 Å². The average molecular weight is 2030 g/mol. The molecule has 0 bridgehead atoms. The summed E-state index contributed by atoms with van der Waals surface area (Å²) in [5.41, 5.74) is 8.45. The number of benzene rings is 9.